The van der Waals surface area contributed by atoms with Gasteiger partial charge in [0.05, 0.1) is 12.1 Å². The van der Waals surface area contributed by atoms with Crippen molar-refractivity contribution < 1.29 is 14.7 Å². The predicted octanol–water partition coefficient (Wildman–Crippen LogP) is 4.34. The molecule has 1 amide bonds. The molecule has 3 aromatic carbocycles. The molecule has 0 aliphatic heterocycles. The summed E-state index contributed by atoms with van der Waals surface area (Å²) in [5.41, 5.74) is 5.11. The van der Waals surface area contributed by atoms with Crippen LogP contribution < -0.4 is 10.6 Å². The van der Waals surface area contributed by atoms with Crippen molar-refractivity contribution in [1.82, 2.24) is 15.6 Å². The van der Waals surface area contributed by atoms with Gasteiger partial charge in [0.15, 0.2) is 5.78 Å². The molecular weight excluding hydrogens is 438 g/mol. The van der Waals surface area contributed by atoms with Crippen LogP contribution in [0.15, 0.2) is 79.0 Å². The van der Waals surface area contributed by atoms with Crippen molar-refractivity contribution in [3.05, 3.63) is 107 Å². The number of carbonyl (C=O) groups is 2. The molecule has 4 N–H and O–H groups in total. The number of benzene rings is 3. The van der Waals surface area contributed by atoms with Gasteiger partial charge in [-0.05, 0) is 43.5 Å². The van der Waals surface area contributed by atoms with Gasteiger partial charge < -0.3 is 20.7 Å². The first-order valence-electron chi connectivity index (χ1n) is 11.9. The van der Waals surface area contributed by atoms with Gasteiger partial charge in [0.2, 0.25) is 0 Å². The molecule has 0 aliphatic carbocycles. The summed E-state index contributed by atoms with van der Waals surface area (Å²) in [6, 6.07) is 22.9. The van der Waals surface area contributed by atoms with Crippen LogP contribution in [0.4, 0.5) is 0 Å². The van der Waals surface area contributed by atoms with Gasteiger partial charge in [-0.2, -0.15) is 0 Å². The highest BCUT2D eigenvalue weighted by Gasteiger charge is 2.24. The van der Waals surface area contributed by atoms with E-state index in [0.29, 0.717) is 23.2 Å². The van der Waals surface area contributed by atoms with Crippen LogP contribution in [0.2, 0.25) is 0 Å². The van der Waals surface area contributed by atoms with Gasteiger partial charge in [0.25, 0.3) is 5.91 Å². The molecule has 0 aliphatic rings. The third-order valence-electron chi connectivity index (χ3n) is 6.05. The maximum atomic E-state index is 13.7. The standard InChI is InChI=1S/C29H31N3O3/c1-19-8-10-21(11-9-19)14-15-30-27(22-6-4-3-5-7-22)28(34)25-18-31-26-16-23(12-13-24(25)26)29(35)32-17-20(2)33/h3-13,16,18,20,27,30-31,33H,14-15,17H2,1-2H3,(H,32,35)/t20-,27-/m1/s1. The van der Waals surface area contributed by atoms with Crippen LogP contribution in [0.25, 0.3) is 10.9 Å². The zero-order valence-electron chi connectivity index (χ0n) is 20.0. The second-order valence-electron chi connectivity index (χ2n) is 8.92. The number of aromatic nitrogens is 1. The highest BCUT2D eigenvalue weighted by molar-refractivity contribution is 6.11. The topological polar surface area (TPSA) is 94.2 Å². The largest absolute Gasteiger partial charge is 0.392 e. The Balaban J connectivity index is 1.54. The summed E-state index contributed by atoms with van der Waals surface area (Å²) in [6.45, 7) is 4.52. The molecule has 0 bridgehead atoms. The molecule has 1 aromatic heterocycles. The van der Waals surface area contributed by atoms with Crippen molar-refractivity contribution in [2.24, 2.45) is 0 Å². The fourth-order valence-corrected chi connectivity index (χ4v) is 4.09. The Morgan fingerprint density at radius 3 is 2.46 bits per heavy atom. The first kappa shape index (κ1) is 24.4. The second kappa shape index (κ2) is 11.1. The van der Waals surface area contributed by atoms with E-state index >= 15 is 0 Å². The molecule has 0 fully saturated rings. The SMILES string of the molecule is Cc1ccc(CCN[C@@H](C(=O)c2c[nH]c3cc(C(=O)NC[C@@H](C)O)ccc23)c2ccccc2)cc1. The number of Topliss-reactive ketones (excluding diaryl/α,β-unsaturated/α-hetero) is 1. The number of amides is 1. The van der Waals surface area contributed by atoms with Gasteiger partial charge in [-0.15, -0.1) is 0 Å². The average molecular weight is 470 g/mol. The molecule has 0 radical (unpaired) electrons. The van der Waals surface area contributed by atoms with Crippen LogP contribution in [-0.4, -0.2) is 41.0 Å². The van der Waals surface area contributed by atoms with E-state index in [1.54, 1.807) is 31.3 Å². The normalized spacial score (nSPS) is 12.9. The van der Waals surface area contributed by atoms with Crippen molar-refractivity contribution in [2.45, 2.75) is 32.4 Å². The molecule has 1 heterocycles. The number of aliphatic hydroxyl groups excluding tert-OH is 1. The number of H-pyrrole nitrogens is 1. The Hall–Kier alpha value is -3.74. The highest BCUT2D eigenvalue weighted by Crippen LogP contribution is 2.26. The van der Waals surface area contributed by atoms with Crippen LogP contribution >= 0.6 is 0 Å². The third-order valence-corrected chi connectivity index (χ3v) is 6.05. The highest BCUT2D eigenvalue weighted by atomic mass is 16.3. The van der Waals surface area contributed by atoms with Gasteiger partial charge in [0.1, 0.15) is 0 Å². The van der Waals surface area contributed by atoms with Gasteiger partial charge in [0, 0.05) is 41.3 Å². The van der Waals surface area contributed by atoms with Crippen LogP contribution in [0.5, 0.6) is 0 Å². The lowest BCUT2D eigenvalue weighted by Crippen LogP contribution is -2.30. The zero-order valence-corrected chi connectivity index (χ0v) is 20.0. The number of nitrogens with one attached hydrogen (secondary N) is 3. The number of rotatable bonds is 10. The first-order valence-corrected chi connectivity index (χ1v) is 11.9. The van der Waals surface area contributed by atoms with Crippen molar-refractivity contribution in [2.75, 3.05) is 13.1 Å². The maximum absolute atomic E-state index is 13.7. The van der Waals surface area contributed by atoms with Crippen molar-refractivity contribution in [3.8, 4) is 0 Å². The lowest BCUT2D eigenvalue weighted by Gasteiger charge is -2.18. The monoisotopic (exact) mass is 469 g/mol. The molecule has 4 aromatic rings. The molecule has 180 valence electrons. The lowest BCUT2D eigenvalue weighted by atomic mass is 9.96. The van der Waals surface area contributed by atoms with Crippen molar-refractivity contribution >= 4 is 22.6 Å². The smallest absolute Gasteiger partial charge is 0.251 e. The Morgan fingerprint density at radius 1 is 1.00 bits per heavy atom. The molecule has 2 atom stereocenters. The van der Waals surface area contributed by atoms with Crippen molar-refractivity contribution in [3.63, 3.8) is 0 Å². The average Bonchev–Trinajstić information content (AvgIpc) is 3.30. The van der Waals surface area contributed by atoms with E-state index in [9.17, 15) is 14.7 Å². The summed E-state index contributed by atoms with van der Waals surface area (Å²) in [5.74, 6) is -0.298. The number of hydrogen-bond donors (Lipinski definition) is 4. The lowest BCUT2D eigenvalue weighted by molar-refractivity contribution is 0.0922. The molecule has 35 heavy (non-hydrogen) atoms. The van der Waals surface area contributed by atoms with Crippen LogP contribution in [0, 0.1) is 6.92 Å². The van der Waals surface area contributed by atoms with Crippen LogP contribution in [-0.2, 0) is 6.42 Å². The molecule has 0 saturated heterocycles. The molecule has 0 unspecified atom stereocenters. The number of fused-ring (bicyclic) bond motifs is 1. The minimum atomic E-state index is -0.620. The zero-order chi connectivity index (χ0) is 24.8. The van der Waals surface area contributed by atoms with E-state index < -0.39 is 12.1 Å². The van der Waals surface area contributed by atoms with E-state index in [0.717, 1.165) is 17.4 Å². The number of ketones is 1. The minimum Gasteiger partial charge on any atom is -0.392 e. The molecule has 0 saturated carbocycles. The number of aryl methyl sites for hydroxylation is 1. The Labute approximate surface area is 205 Å². The molecule has 6 heteroatoms. The number of aromatic amines is 1. The summed E-state index contributed by atoms with van der Waals surface area (Å²) < 4.78 is 0. The Morgan fingerprint density at radius 2 is 1.74 bits per heavy atom. The molecule has 4 rings (SSSR count). The van der Waals surface area contributed by atoms with E-state index in [4.69, 9.17) is 0 Å². The number of hydrogen-bond acceptors (Lipinski definition) is 4. The van der Waals surface area contributed by atoms with Gasteiger partial charge in [-0.25, -0.2) is 0 Å². The molecule has 6 nitrogen and oxygen atoms in total. The first-order chi connectivity index (χ1) is 16.9. The summed E-state index contributed by atoms with van der Waals surface area (Å²) in [7, 11) is 0. The number of carbonyl (C=O) groups excluding carboxylic acids is 2. The summed E-state index contributed by atoms with van der Waals surface area (Å²) in [5, 5.41) is 16.3. The fraction of sp³-hybridized carbons (Fsp3) is 0.241. The molecule has 0 spiro atoms. The predicted molar refractivity (Wildman–Crippen MR) is 139 cm³/mol. The fourth-order valence-electron chi connectivity index (χ4n) is 4.09. The second-order valence-corrected chi connectivity index (χ2v) is 8.92. The van der Waals surface area contributed by atoms with Gasteiger partial charge >= 0.3 is 0 Å². The minimum absolute atomic E-state index is 0.0299. The number of aliphatic hydroxyl groups is 1. The third kappa shape index (κ3) is 6.04. The van der Waals surface area contributed by atoms with Crippen LogP contribution in [0.3, 0.4) is 0 Å². The van der Waals surface area contributed by atoms with Gasteiger partial charge in [-0.3, -0.25) is 9.59 Å². The Bertz CT molecular complexity index is 1290. The van der Waals surface area contributed by atoms with Crippen LogP contribution in [0.1, 0.15) is 50.4 Å². The quantitative estimate of drug-likeness (QED) is 0.260. The summed E-state index contributed by atoms with van der Waals surface area (Å²) in [4.78, 5) is 29.2. The summed E-state index contributed by atoms with van der Waals surface area (Å²) in [6.07, 6.45) is 1.91. The van der Waals surface area contributed by atoms with E-state index in [1.165, 1.54) is 11.1 Å². The van der Waals surface area contributed by atoms with E-state index in [2.05, 4.69) is 46.8 Å². The summed E-state index contributed by atoms with van der Waals surface area (Å²) >= 11 is 0. The molecular formula is C29H31N3O3. The van der Waals surface area contributed by atoms with E-state index in [-0.39, 0.29) is 18.2 Å². The van der Waals surface area contributed by atoms with E-state index in [1.807, 2.05) is 30.3 Å². The maximum Gasteiger partial charge on any atom is 0.251 e. The Kier molecular flexibility index (Phi) is 7.75. The van der Waals surface area contributed by atoms with Gasteiger partial charge in [-0.1, -0.05) is 66.2 Å². The van der Waals surface area contributed by atoms with Crippen molar-refractivity contribution in [1.29, 1.82) is 0 Å².